The van der Waals surface area contributed by atoms with Gasteiger partial charge in [-0.3, -0.25) is 4.40 Å². The van der Waals surface area contributed by atoms with Crippen molar-refractivity contribution in [2.75, 3.05) is 7.11 Å². The van der Waals surface area contributed by atoms with Gasteiger partial charge in [0, 0.05) is 0 Å². The second kappa shape index (κ2) is 4.97. The van der Waals surface area contributed by atoms with E-state index in [1.165, 1.54) is 0 Å². The predicted octanol–water partition coefficient (Wildman–Crippen LogP) is 2.80. The van der Waals surface area contributed by atoms with Gasteiger partial charge in [0.1, 0.15) is 11.4 Å². The predicted molar refractivity (Wildman–Crippen MR) is 95.0 cm³/mol. The maximum atomic E-state index is 6.13. The Morgan fingerprint density at radius 3 is 2.42 bits per heavy atom. The molecule has 4 rings (SSSR count). The highest BCUT2D eigenvalue weighted by atomic mass is 16.7. The molecule has 3 aromatic rings. The Balaban J connectivity index is 1.78. The first-order valence-corrected chi connectivity index (χ1v) is 8.12. The molecule has 24 heavy (non-hydrogen) atoms. The van der Waals surface area contributed by atoms with Crippen molar-refractivity contribution in [2.45, 2.75) is 38.9 Å². The van der Waals surface area contributed by atoms with Crippen LogP contribution < -0.4 is 10.2 Å². The van der Waals surface area contributed by atoms with E-state index in [4.69, 9.17) is 19.0 Å². The number of nitrogens with zero attached hydrogens (tertiary/aromatic N) is 2. The van der Waals surface area contributed by atoms with Crippen molar-refractivity contribution in [1.29, 1.82) is 0 Å². The molecule has 6 heteroatoms. The van der Waals surface area contributed by atoms with E-state index in [2.05, 4.69) is 33.8 Å². The maximum Gasteiger partial charge on any atom is 0.494 e. The van der Waals surface area contributed by atoms with Crippen LogP contribution in [0.5, 0.6) is 5.75 Å². The molecule has 0 atom stereocenters. The Labute approximate surface area is 141 Å². The fourth-order valence-electron chi connectivity index (χ4n) is 2.96. The number of rotatable bonds is 2. The molecular weight excluding hydrogens is 303 g/mol. The van der Waals surface area contributed by atoms with Crippen LogP contribution >= 0.6 is 0 Å². The van der Waals surface area contributed by atoms with Gasteiger partial charge in [0.25, 0.3) is 0 Å². The Bertz CT molecular complexity index is 917. The zero-order chi connectivity index (χ0) is 17.1. The van der Waals surface area contributed by atoms with Gasteiger partial charge in [0.15, 0.2) is 0 Å². The van der Waals surface area contributed by atoms with Crippen LogP contribution in [0.3, 0.4) is 0 Å². The number of aromatic nitrogens is 2. The Morgan fingerprint density at radius 1 is 1.04 bits per heavy atom. The number of benzene rings is 1. The summed E-state index contributed by atoms with van der Waals surface area (Å²) in [4.78, 5) is 4.69. The lowest BCUT2D eigenvalue weighted by molar-refractivity contribution is 0.00578. The van der Waals surface area contributed by atoms with Crippen LogP contribution in [-0.4, -0.2) is 34.8 Å². The van der Waals surface area contributed by atoms with Crippen LogP contribution in [0.4, 0.5) is 0 Å². The third kappa shape index (κ3) is 2.21. The number of fused-ring (bicyclic) bond motifs is 3. The Morgan fingerprint density at radius 2 is 1.75 bits per heavy atom. The molecule has 1 fully saturated rings. The van der Waals surface area contributed by atoms with Crippen LogP contribution in [0, 0.1) is 0 Å². The minimum Gasteiger partial charge on any atom is -0.495 e. The summed E-state index contributed by atoms with van der Waals surface area (Å²) >= 11 is 0. The van der Waals surface area contributed by atoms with Gasteiger partial charge in [0.05, 0.1) is 35.5 Å². The summed E-state index contributed by atoms with van der Waals surface area (Å²) in [7, 11) is 1.29. The lowest BCUT2D eigenvalue weighted by atomic mass is 9.79. The molecule has 0 radical (unpaired) electrons. The molecule has 3 heterocycles. The quantitative estimate of drug-likeness (QED) is 0.680. The average Bonchev–Trinajstić information content (AvgIpc) is 3.00. The Kier molecular flexibility index (Phi) is 3.21. The van der Waals surface area contributed by atoms with Gasteiger partial charge in [-0.05, 0) is 57.4 Å². The lowest BCUT2D eigenvalue weighted by Gasteiger charge is -2.32. The van der Waals surface area contributed by atoms with E-state index in [-0.39, 0.29) is 18.3 Å². The molecule has 2 aromatic heterocycles. The molecule has 1 aromatic carbocycles. The minimum absolute atomic E-state index is 0.348. The van der Waals surface area contributed by atoms with Crippen LogP contribution in [0.2, 0.25) is 0 Å². The molecule has 124 valence electrons. The number of pyridine rings is 1. The first kappa shape index (κ1) is 15.5. The molecule has 0 spiro atoms. The molecule has 0 amide bonds. The third-order valence-electron chi connectivity index (χ3n) is 5.15. The van der Waals surface area contributed by atoms with Crippen molar-refractivity contribution < 1.29 is 14.0 Å². The summed E-state index contributed by atoms with van der Waals surface area (Å²) in [5, 5.41) is 0. The molecule has 1 aliphatic heterocycles. The first-order chi connectivity index (χ1) is 11.3. The largest absolute Gasteiger partial charge is 0.495 e. The van der Waals surface area contributed by atoms with Gasteiger partial charge in [0.2, 0.25) is 0 Å². The minimum atomic E-state index is -0.376. The summed E-state index contributed by atoms with van der Waals surface area (Å²) in [5.74, 6) is 0.803. The number of hydrogen-bond acceptors (Lipinski definition) is 4. The number of imidazole rings is 1. The van der Waals surface area contributed by atoms with Crippen LogP contribution in [0.1, 0.15) is 27.7 Å². The lowest BCUT2D eigenvalue weighted by Crippen LogP contribution is -2.41. The Hall–Kier alpha value is -2.05. The molecular formula is C18H21BN2O3. The van der Waals surface area contributed by atoms with E-state index in [9.17, 15) is 0 Å². The number of hydrogen-bond donors (Lipinski definition) is 0. The molecule has 0 unspecified atom stereocenters. The molecule has 0 N–H and O–H groups in total. The standard InChI is InChI=1S/C18H21BN2O3/c1-17(2)18(3,4)24-19(23-17)12-6-8-15-14(10-12)20-16-9-7-13(22-5)11-21(15)16/h6-11H,1-5H3. The maximum absolute atomic E-state index is 6.13. The zero-order valence-electron chi connectivity index (χ0n) is 14.7. The molecule has 0 aliphatic carbocycles. The fraction of sp³-hybridized carbons (Fsp3) is 0.389. The summed E-state index contributed by atoms with van der Waals surface area (Å²) < 4.78 is 19.6. The van der Waals surface area contributed by atoms with E-state index in [0.717, 1.165) is 27.9 Å². The highest BCUT2D eigenvalue weighted by Crippen LogP contribution is 2.36. The van der Waals surface area contributed by atoms with Crippen LogP contribution in [0.25, 0.3) is 16.7 Å². The van der Waals surface area contributed by atoms with Crippen molar-refractivity contribution in [3.8, 4) is 5.75 Å². The van der Waals surface area contributed by atoms with Crippen molar-refractivity contribution >= 4 is 29.3 Å². The molecule has 1 aliphatic rings. The van der Waals surface area contributed by atoms with Gasteiger partial charge in [-0.1, -0.05) is 6.07 Å². The highest BCUT2D eigenvalue weighted by molar-refractivity contribution is 6.62. The van der Waals surface area contributed by atoms with Crippen LogP contribution in [-0.2, 0) is 9.31 Å². The van der Waals surface area contributed by atoms with E-state index < -0.39 is 0 Å². The molecule has 1 saturated heterocycles. The first-order valence-electron chi connectivity index (χ1n) is 8.12. The zero-order valence-corrected chi connectivity index (χ0v) is 14.7. The van der Waals surface area contributed by atoms with Crippen molar-refractivity contribution in [1.82, 2.24) is 9.38 Å². The third-order valence-corrected chi connectivity index (χ3v) is 5.15. The van der Waals surface area contributed by atoms with E-state index >= 15 is 0 Å². The monoisotopic (exact) mass is 324 g/mol. The highest BCUT2D eigenvalue weighted by Gasteiger charge is 2.51. The van der Waals surface area contributed by atoms with E-state index in [1.54, 1.807) is 7.11 Å². The topological polar surface area (TPSA) is 45.0 Å². The summed E-state index contributed by atoms with van der Waals surface area (Å²) in [6.45, 7) is 8.23. The molecule has 5 nitrogen and oxygen atoms in total. The average molecular weight is 324 g/mol. The molecule has 0 bridgehead atoms. The van der Waals surface area contributed by atoms with Crippen molar-refractivity contribution in [3.05, 3.63) is 36.5 Å². The van der Waals surface area contributed by atoms with Gasteiger partial charge in [-0.15, -0.1) is 0 Å². The SMILES string of the molecule is COc1ccc2nc3cc(B4OC(C)(C)C(C)(C)O4)ccc3n2c1. The van der Waals surface area contributed by atoms with E-state index in [0.29, 0.717) is 0 Å². The molecule has 0 saturated carbocycles. The summed E-state index contributed by atoms with van der Waals surface area (Å²) in [5.41, 5.74) is 3.12. The smallest absolute Gasteiger partial charge is 0.494 e. The number of ether oxygens (including phenoxy) is 1. The fourth-order valence-corrected chi connectivity index (χ4v) is 2.96. The van der Waals surface area contributed by atoms with Crippen molar-refractivity contribution in [2.24, 2.45) is 0 Å². The van der Waals surface area contributed by atoms with Crippen LogP contribution in [0.15, 0.2) is 36.5 Å². The summed E-state index contributed by atoms with van der Waals surface area (Å²) in [6, 6.07) is 9.99. The van der Waals surface area contributed by atoms with Gasteiger partial charge in [-0.2, -0.15) is 0 Å². The van der Waals surface area contributed by atoms with Gasteiger partial charge in [-0.25, -0.2) is 4.98 Å². The van der Waals surface area contributed by atoms with Gasteiger partial charge < -0.3 is 14.0 Å². The second-order valence-corrected chi connectivity index (χ2v) is 7.25. The van der Waals surface area contributed by atoms with Gasteiger partial charge >= 0.3 is 7.12 Å². The number of methoxy groups -OCH3 is 1. The second-order valence-electron chi connectivity index (χ2n) is 7.25. The normalized spacial score (nSPS) is 19.3. The summed E-state index contributed by atoms with van der Waals surface area (Å²) in [6.07, 6.45) is 1.94. The van der Waals surface area contributed by atoms with Crippen molar-refractivity contribution in [3.63, 3.8) is 0 Å². The van der Waals surface area contributed by atoms with E-state index in [1.807, 2.05) is 34.9 Å².